The first-order valence-electron chi connectivity index (χ1n) is 5.31. The molecule has 4 atom stereocenters. The van der Waals surface area contributed by atoms with E-state index in [2.05, 4.69) is 15.8 Å². The fraction of sp³-hybridized carbons (Fsp3) is 0.667. The number of hydrogen-bond acceptors (Lipinski definition) is 8. The molecular formula is C9H15O10P. The van der Waals surface area contributed by atoms with Crippen molar-refractivity contribution < 1.29 is 48.1 Å². The number of carbonyl (C=O) groups excluding carboxylic acids is 1. The van der Waals surface area contributed by atoms with Crippen LogP contribution in [0, 0.1) is 0 Å². The van der Waals surface area contributed by atoms with E-state index in [0.29, 0.717) is 0 Å². The molecule has 0 amide bonds. The Morgan fingerprint density at radius 2 is 2.00 bits per heavy atom. The Balaban J connectivity index is 2.70. The summed E-state index contributed by atoms with van der Waals surface area (Å²) in [6, 6.07) is 0. The van der Waals surface area contributed by atoms with Crippen molar-refractivity contribution in [2.45, 2.75) is 24.6 Å². The molecule has 0 saturated carbocycles. The molecule has 0 spiro atoms. The third kappa shape index (κ3) is 4.53. The molecule has 1 aliphatic rings. The molecule has 1 heterocycles. The molecule has 0 aromatic carbocycles. The zero-order valence-corrected chi connectivity index (χ0v) is 11.3. The summed E-state index contributed by atoms with van der Waals surface area (Å²) in [6.07, 6.45) is -5.73. The van der Waals surface area contributed by atoms with Crippen molar-refractivity contribution in [2.75, 3.05) is 13.7 Å². The summed E-state index contributed by atoms with van der Waals surface area (Å²) in [5.41, 5.74) is 0. The topological polar surface area (TPSA) is 152 Å². The van der Waals surface area contributed by atoms with Crippen LogP contribution in [0.4, 0.5) is 0 Å². The fourth-order valence-electron chi connectivity index (χ4n) is 1.50. The van der Waals surface area contributed by atoms with Gasteiger partial charge in [-0.2, -0.15) is 0 Å². The second-order valence-corrected chi connectivity index (χ2v) is 5.08. The van der Waals surface area contributed by atoms with Gasteiger partial charge in [-0.05, 0) is 6.58 Å². The minimum Gasteiger partial charge on any atom is -0.478 e. The first kappa shape index (κ1) is 17.1. The third-order valence-corrected chi connectivity index (χ3v) is 2.89. The number of phosphoric ester groups is 1. The molecule has 4 N–H and O–H groups in total. The lowest BCUT2D eigenvalue weighted by Gasteiger charge is -2.21. The van der Waals surface area contributed by atoms with Gasteiger partial charge in [0.05, 0.1) is 13.7 Å². The normalized spacial score (nSPS) is 30.1. The van der Waals surface area contributed by atoms with Crippen molar-refractivity contribution in [3.63, 3.8) is 0 Å². The Kier molecular flexibility index (Phi) is 5.66. The average Bonchev–Trinajstić information content (AvgIpc) is 2.62. The summed E-state index contributed by atoms with van der Waals surface area (Å²) in [5, 5.41) is 18.9. The van der Waals surface area contributed by atoms with Crippen molar-refractivity contribution in [2.24, 2.45) is 0 Å². The van der Waals surface area contributed by atoms with E-state index in [0.717, 1.165) is 7.11 Å². The van der Waals surface area contributed by atoms with Crippen molar-refractivity contribution in [3.05, 3.63) is 12.3 Å². The molecule has 0 bridgehead atoms. The van der Waals surface area contributed by atoms with Gasteiger partial charge >= 0.3 is 13.8 Å². The highest BCUT2D eigenvalue weighted by molar-refractivity contribution is 7.46. The Morgan fingerprint density at radius 3 is 2.50 bits per heavy atom. The van der Waals surface area contributed by atoms with E-state index in [1.807, 2.05) is 0 Å². The second-order valence-electron chi connectivity index (χ2n) is 3.84. The highest BCUT2D eigenvalue weighted by Crippen LogP contribution is 2.37. The molecule has 0 unspecified atom stereocenters. The summed E-state index contributed by atoms with van der Waals surface area (Å²) in [7, 11) is -3.67. The molecule has 1 aliphatic heterocycles. The van der Waals surface area contributed by atoms with E-state index in [1.165, 1.54) is 0 Å². The molecule has 1 fully saturated rings. The van der Waals surface area contributed by atoms with Crippen LogP contribution in [0.25, 0.3) is 0 Å². The largest absolute Gasteiger partial charge is 0.478 e. The predicted molar refractivity (Wildman–Crippen MR) is 60.9 cm³/mol. The standard InChI is InChI=1S/C9H15O10P/c1-4(8(11)16-2)18-7-5(3-17-20(13,14)15)19-9(12)6(7)10/h5-7,9-10,12H,1,3H2,2H3,(H2,13,14,15)/t5-,6+,7-,9-/m1/s1. The van der Waals surface area contributed by atoms with E-state index >= 15 is 0 Å². The molecule has 0 aromatic rings. The highest BCUT2D eigenvalue weighted by atomic mass is 31.2. The lowest BCUT2D eigenvalue weighted by molar-refractivity contribution is -0.143. The molecule has 116 valence electrons. The molecule has 1 saturated heterocycles. The summed E-state index contributed by atoms with van der Waals surface area (Å²) < 4.78 is 28.9. The van der Waals surface area contributed by atoms with E-state index in [1.54, 1.807) is 0 Å². The van der Waals surface area contributed by atoms with E-state index in [-0.39, 0.29) is 0 Å². The van der Waals surface area contributed by atoms with Gasteiger partial charge < -0.3 is 34.2 Å². The SMILES string of the molecule is C=C(O[C@H]1[C@H](O)[C@H](O)O[C@@H]1COP(=O)(O)O)C(=O)OC. The Morgan fingerprint density at radius 1 is 1.40 bits per heavy atom. The quantitative estimate of drug-likeness (QED) is 0.192. The molecule has 1 rings (SSSR count). The minimum atomic E-state index is -4.76. The van der Waals surface area contributed by atoms with Gasteiger partial charge in [-0.25, -0.2) is 9.36 Å². The minimum absolute atomic E-state index is 0.463. The van der Waals surface area contributed by atoms with Gasteiger partial charge in [0.15, 0.2) is 18.2 Å². The van der Waals surface area contributed by atoms with Crippen molar-refractivity contribution in [1.29, 1.82) is 0 Å². The molecule has 0 radical (unpaired) electrons. The second kappa shape index (κ2) is 6.64. The van der Waals surface area contributed by atoms with E-state index in [4.69, 9.17) is 19.3 Å². The number of aliphatic hydroxyl groups is 2. The number of phosphoric acid groups is 1. The van der Waals surface area contributed by atoms with Gasteiger partial charge in [-0.1, -0.05) is 0 Å². The summed E-state index contributed by atoms with van der Waals surface area (Å²) in [5.74, 6) is -1.37. The Labute approximate surface area is 113 Å². The summed E-state index contributed by atoms with van der Waals surface area (Å²) >= 11 is 0. The lowest BCUT2D eigenvalue weighted by atomic mass is 10.1. The van der Waals surface area contributed by atoms with Gasteiger partial charge in [0, 0.05) is 0 Å². The predicted octanol–water partition coefficient (Wildman–Crippen LogP) is -1.75. The number of aliphatic hydroxyl groups excluding tert-OH is 2. The van der Waals surface area contributed by atoms with Gasteiger partial charge in [-0.3, -0.25) is 4.52 Å². The molecule has 0 aliphatic carbocycles. The van der Waals surface area contributed by atoms with Gasteiger partial charge in [0.1, 0.15) is 12.2 Å². The first-order chi connectivity index (χ1) is 9.15. The lowest BCUT2D eigenvalue weighted by Crippen LogP contribution is -2.37. The van der Waals surface area contributed by atoms with E-state index in [9.17, 15) is 19.6 Å². The number of ether oxygens (including phenoxy) is 3. The van der Waals surface area contributed by atoms with Crippen LogP contribution in [0.1, 0.15) is 0 Å². The van der Waals surface area contributed by atoms with Crippen molar-refractivity contribution in [1.82, 2.24) is 0 Å². The number of rotatable bonds is 6. The monoisotopic (exact) mass is 314 g/mol. The summed E-state index contributed by atoms with van der Waals surface area (Å²) in [6.45, 7) is 2.58. The smallest absolute Gasteiger partial charge is 0.469 e. The first-order valence-corrected chi connectivity index (χ1v) is 6.84. The van der Waals surface area contributed by atoms with Crippen LogP contribution in [0.2, 0.25) is 0 Å². The molecule has 0 aromatic heterocycles. The molecule has 11 heteroatoms. The zero-order valence-electron chi connectivity index (χ0n) is 10.4. The van der Waals surface area contributed by atoms with Crippen LogP contribution in [0.15, 0.2) is 12.3 Å². The number of carbonyl (C=O) groups is 1. The van der Waals surface area contributed by atoms with Crippen LogP contribution in [-0.2, 0) is 28.1 Å². The third-order valence-electron chi connectivity index (χ3n) is 2.41. The Bertz CT molecular complexity index is 417. The maximum atomic E-state index is 11.1. The Hall–Kier alpha value is -1.00. The molecular weight excluding hydrogens is 299 g/mol. The molecule has 10 nitrogen and oxygen atoms in total. The van der Waals surface area contributed by atoms with Gasteiger partial charge in [0.2, 0.25) is 0 Å². The molecule has 20 heavy (non-hydrogen) atoms. The van der Waals surface area contributed by atoms with Gasteiger partial charge in [-0.15, -0.1) is 0 Å². The van der Waals surface area contributed by atoms with Crippen LogP contribution in [0.5, 0.6) is 0 Å². The van der Waals surface area contributed by atoms with Crippen LogP contribution in [0.3, 0.4) is 0 Å². The fourth-order valence-corrected chi connectivity index (χ4v) is 1.84. The van der Waals surface area contributed by atoms with Crippen LogP contribution >= 0.6 is 7.82 Å². The van der Waals surface area contributed by atoms with Crippen LogP contribution in [-0.4, -0.2) is 64.3 Å². The van der Waals surface area contributed by atoms with E-state index < -0.39 is 50.8 Å². The zero-order chi connectivity index (χ0) is 15.5. The van der Waals surface area contributed by atoms with Crippen molar-refractivity contribution >= 4 is 13.8 Å². The average molecular weight is 314 g/mol. The van der Waals surface area contributed by atoms with Crippen LogP contribution < -0.4 is 0 Å². The van der Waals surface area contributed by atoms with Crippen molar-refractivity contribution in [3.8, 4) is 0 Å². The summed E-state index contributed by atoms with van der Waals surface area (Å²) in [4.78, 5) is 28.3. The maximum Gasteiger partial charge on any atom is 0.469 e. The number of methoxy groups -OCH3 is 1. The number of hydrogen-bond donors (Lipinski definition) is 4. The van der Waals surface area contributed by atoms with Gasteiger partial charge in [0.25, 0.3) is 0 Å². The maximum absolute atomic E-state index is 11.1. The highest BCUT2D eigenvalue weighted by Gasteiger charge is 2.46. The number of esters is 1.